The van der Waals surface area contributed by atoms with E-state index < -0.39 is 27.0 Å². The Kier molecular flexibility index (Phi) is 8.55. The Labute approximate surface area is 187 Å². The van der Waals surface area contributed by atoms with Crippen LogP contribution >= 0.6 is 11.6 Å². The lowest BCUT2D eigenvalue weighted by atomic mass is 10.0. The second-order valence-electron chi connectivity index (χ2n) is 7.33. The number of carbonyl (C=O) groups excluding carboxylic acids is 1. The highest BCUT2D eigenvalue weighted by atomic mass is 35.5. The molecule has 0 saturated heterocycles. The van der Waals surface area contributed by atoms with Gasteiger partial charge in [0, 0.05) is 23.7 Å². The van der Waals surface area contributed by atoms with Gasteiger partial charge in [-0.2, -0.15) is 4.31 Å². The van der Waals surface area contributed by atoms with E-state index in [4.69, 9.17) is 16.3 Å². The molecule has 168 valence electrons. The molecule has 0 aromatic heterocycles. The lowest BCUT2D eigenvalue weighted by Crippen LogP contribution is -2.46. The number of rotatable bonds is 10. The molecular weight excluding hydrogens is 444 g/mol. The molecule has 0 aliphatic heterocycles. The average Bonchev–Trinajstić information content (AvgIpc) is 2.71. The summed E-state index contributed by atoms with van der Waals surface area (Å²) in [5, 5.41) is 11.4. The van der Waals surface area contributed by atoms with Gasteiger partial charge in [0.05, 0.1) is 16.4 Å². The molecule has 0 aliphatic carbocycles. The maximum absolute atomic E-state index is 13.5. The maximum atomic E-state index is 13.5. The van der Waals surface area contributed by atoms with E-state index in [0.717, 1.165) is 16.4 Å². The molecule has 10 heteroatoms. The molecule has 1 atom stereocenters. The number of nitrogens with zero attached hydrogens (tertiary/aromatic N) is 2. The fourth-order valence-corrected chi connectivity index (χ4v) is 4.73. The van der Waals surface area contributed by atoms with Gasteiger partial charge in [-0.15, -0.1) is 0 Å². The van der Waals surface area contributed by atoms with Gasteiger partial charge in [-0.1, -0.05) is 37.6 Å². The minimum Gasteiger partial charge on any atom is -0.465 e. The third kappa shape index (κ3) is 6.49. The SMILES string of the molecule is CCOC(=O)[C@@H](CC(C)C)N(Cc1ccc(Cl)cc1)S(=O)(=O)c1ccc([N+](=O)[O-])cc1. The third-order valence-electron chi connectivity index (χ3n) is 4.51. The lowest BCUT2D eigenvalue weighted by Gasteiger charge is -2.30. The van der Waals surface area contributed by atoms with Gasteiger partial charge in [0.2, 0.25) is 10.0 Å². The normalized spacial score (nSPS) is 12.7. The smallest absolute Gasteiger partial charge is 0.324 e. The molecule has 2 rings (SSSR count). The highest BCUT2D eigenvalue weighted by Crippen LogP contribution is 2.27. The Hall–Kier alpha value is -2.49. The van der Waals surface area contributed by atoms with Crippen LogP contribution in [0.1, 0.15) is 32.8 Å². The van der Waals surface area contributed by atoms with Crippen molar-refractivity contribution in [3.8, 4) is 0 Å². The van der Waals surface area contributed by atoms with Crippen molar-refractivity contribution in [3.05, 3.63) is 69.2 Å². The van der Waals surface area contributed by atoms with Crippen LogP contribution in [0.5, 0.6) is 0 Å². The largest absolute Gasteiger partial charge is 0.465 e. The first-order valence-corrected chi connectivity index (χ1v) is 11.6. The molecule has 0 saturated carbocycles. The van der Waals surface area contributed by atoms with Crippen LogP contribution in [-0.2, 0) is 26.1 Å². The van der Waals surface area contributed by atoms with Crippen molar-refractivity contribution < 1.29 is 22.9 Å². The summed E-state index contributed by atoms with van der Waals surface area (Å²) < 4.78 is 33.3. The minimum atomic E-state index is -4.18. The molecule has 2 aromatic carbocycles. The minimum absolute atomic E-state index is 0.00850. The van der Waals surface area contributed by atoms with Crippen molar-refractivity contribution in [2.24, 2.45) is 5.92 Å². The first-order chi connectivity index (χ1) is 14.6. The molecule has 0 N–H and O–H groups in total. The number of esters is 1. The van der Waals surface area contributed by atoms with Crippen LogP contribution in [0.2, 0.25) is 5.02 Å². The Morgan fingerprint density at radius 1 is 1.13 bits per heavy atom. The van der Waals surface area contributed by atoms with E-state index in [9.17, 15) is 23.3 Å². The quantitative estimate of drug-likeness (QED) is 0.290. The predicted molar refractivity (Wildman–Crippen MR) is 117 cm³/mol. The van der Waals surface area contributed by atoms with Crippen molar-refractivity contribution in [1.29, 1.82) is 0 Å². The molecule has 8 nitrogen and oxygen atoms in total. The first kappa shape index (κ1) is 24.8. The molecule has 0 radical (unpaired) electrons. The van der Waals surface area contributed by atoms with Crippen molar-refractivity contribution in [2.45, 2.75) is 44.7 Å². The van der Waals surface area contributed by atoms with E-state index in [1.165, 1.54) is 12.1 Å². The zero-order chi connectivity index (χ0) is 23.2. The number of sulfonamides is 1. The van der Waals surface area contributed by atoms with E-state index in [1.807, 2.05) is 13.8 Å². The average molecular weight is 469 g/mol. The van der Waals surface area contributed by atoms with E-state index in [1.54, 1.807) is 31.2 Å². The molecule has 0 amide bonds. The van der Waals surface area contributed by atoms with Crippen molar-refractivity contribution >= 4 is 33.3 Å². The summed E-state index contributed by atoms with van der Waals surface area (Å²) in [6, 6.07) is 10.1. The molecule has 0 spiro atoms. The Bertz CT molecular complexity index is 1010. The number of ether oxygens (including phenoxy) is 1. The molecule has 2 aromatic rings. The molecule has 0 bridgehead atoms. The van der Waals surface area contributed by atoms with Crippen LogP contribution in [0.4, 0.5) is 5.69 Å². The second-order valence-corrected chi connectivity index (χ2v) is 9.65. The van der Waals surface area contributed by atoms with Gasteiger partial charge < -0.3 is 4.74 Å². The molecule has 0 heterocycles. The zero-order valence-electron chi connectivity index (χ0n) is 17.5. The molecule has 0 fully saturated rings. The monoisotopic (exact) mass is 468 g/mol. The van der Waals surface area contributed by atoms with Crippen molar-refractivity contribution in [1.82, 2.24) is 4.31 Å². The second kappa shape index (κ2) is 10.7. The number of nitro benzene ring substituents is 1. The van der Waals surface area contributed by atoms with Gasteiger partial charge >= 0.3 is 5.97 Å². The van der Waals surface area contributed by atoms with Crippen molar-refractivity contribution in [3.63, 3.8) is 0 Å². The summed E-state index contributed by atoms with van der Waals surface area (Å²) in [5.74, 6) is -0.634. The number of benzene rings is 2. The van der Waals surface area contributed by atoms with Crippen LogP contribution in [0.25, 0.3) is 0 Å². The number of nitro groups is 1. The molecule has 0 aliphatic rings. The summed E-state index contributed by atoms with van der Waals surface area (Å²) in [5.41, 5.74) is 0.403. The summed E-state index contributed by atoms with van der Waals surface area (Å²) in [7, 11) is -4.18. The van der Waals surface area contributed by atoms with Gasteiger partial charge in [0.25, 0.3) is 5.69 Å². The third-order valence-corrected chi connectivity index (χ3v) is 6.63. The Balaban J connectivity index is 2.55. The number of non-ortho nitro benzene ring substituents is 1. The van der Waals surface area contributed by atoms with Gasteiger partial charge in [0.1, 0.15) is 6.04 Å². The first-order valence-electron chi connectivity index (χ1n) is 9.73. The highest BCUT2D eigenvalue weighted by Gasteiger charge is 2.37. The van der Waals surface area contributed by atoms with Crippen molar-refractivity contribution in [2.75, 3.05) is 6.61 Å². The number of hydrogen-bond donors (Lipinski definition) is 0. The number of halogens is 1. The fourth-order valence-electron chi connectivity index (χ4n) is 3.02. The summed E-state index contributed by atoms with van der Waals surface area (Å²) >= 11 is 5.94. The van der Waals surface area contributed by atoms with E-state index in [-0.39, 0.29) is 36.1 Å². The molecule has 0 unspecified atom stereocenters. The van der Waals surface area contributed by atoms with Gasteiger partial charge in [-0.05, 0) is 49.1 Å². The lowest BCUT2D eigenvalue weighted by molar-refractivity contribution is -0.384. The fraction of sp³-hybridized carbons (Fsp3) is 0.381. The van der Waals surface area contributed by atoms with Crippen LogP contribution in [-0.4, -0.2) is 36.3 Å². The Morgan fingerprint density at radius 2 is 1.71 bits per heavy atom. The highest BCUT2D eigenvalue weighted by molar-refractivity contribution is 7.89. The van der Waals surface area contributed by atoms with Crippen LogP contribution in [0, 0.1) is 16.0 Å². The van der Waals surface area contributed by atoms with E-state index in [0.29, 0.717) is 10.6 Å². The number of carbonyl (C=O) groups is 1. The zero-order valence-corrected chi connectivity index (χ0v) is 19.1. The standard InChI is InChI=1S/C21H25ClN2O6S/c1-4-30-21(25)20(13-15(2)3)23(14-16-5-7-17(22)8-6-16)31(28,29)19-11-9-18(10-12-19)24(26)27/h5-12,15,20H,4,13-14H2,1-3H3/t20-/m1/s1. The van der Waals surface area contributed by atoms with Gasteiger partial charge in [-0.3, -0.25) is 14.9 Å². The van der Waals surface area contributed by atoms with Crippen LogP contribution in [0.3, 0.4) is 0 Å². The number of hydrogen-bond acceptors (Lipinski definition) is 6. The maximum Gasteiger partial charge on any atom is 0.324 e. The van der Waals surface area contributed by atoms with Crippen LogP contribution < -0.4 is 0 Å². The predicted octanol–water partition coefficient (Wildman–Crippen LogP) is 4.42. The van der Waals surface area contributed by atoms with Gasteiger partial charge in [-0.25, -0.2) is 8.42 Å². The van der Waals surface area contributed by atoms with E-state index in [2.05, 4.69) is 0 Å². The summed E-state index contributed by atoms with van der Waals surface area (Å²) in [4.78, 5) is 22.9. The summed E-state index contributed by atoms with van der Waals surface area (Å²) in [6.45, 7) is 5.43. The van der Waals surface area contributed by atoms with Gasteiger partial charge in [0.15, 0.2) is 0 Å². The topological polar surface area (TPSA) is 107 Å². The van der Waals surface area contributed by atoms with E-state index >= 15 is 0 Å². The molecular formula is C21H25ClN2O6S. The summed E-state index contributed by atoms with van der Waals surface area (Å²) in [6.07, 6.45) is 0.249. The Morgan fingerprint density at radius 3 is 2.19 bits per heavy atom. The molecule has 31 heavy (non-hydrogen) atoms. The van der Waals surface area contributed by atoms with Crippen LogP contribution in [0.15, 0.2) is 53.4 Å².